The molecule has 4 rings (SSSR count). The van der Waals surface area contributed by atoms with Crippen LogP contribution in [0.5, 0.6) is 0 Å². The Morgan fingerprint density at radius 1 is 0.970 bits per heavy atom. The molecule has 2 fully saturated rings. The van der Waals surface area contributed by atoms with Crippen LogP contribution in [0.3, 0.4) is 0 Å². The first-order chi connectivity index (χ1) is 15.7. The Kier molecular flexibility index (Phi) is 6.29. The third-order valence-corrected chi connectivity index (χ3v) is 8.06. The summed E-state index contributed by atoms with van der Waals surface area (Å²) >= 11 is 0. The SMILES string of the molecule is Cc1cnc(N2CCN(C(=O)c3ccc(N4CCCCS4(=O)=O)cc3C(N)=O)CC2)c(C)c1. The third kappa shape index (κ3) is 4.66. The molecule has 2 amide bonds. The van der Waals surface area contributed by atoms with Crippen LogP contribution in [0.15, 0.2) is 30.5 Å². The minimum atomic E-state index is -3.44. The summed E-state index contributed by atoms with van der Waals surface area (Å²) < 4.78 is 26.2. The van der Waals surface area contributed by atoms with Gasteiger partial charge in [-0.15, -0.1) is 0 Å². The highest BCUT2D eigenvalue weighted by atomic mass is 32.2. The maximum absolute atomic E-state index is 13.2. The number of benzene rings is 1. The van der Waals surface area contributed by atoms with E-state index in [2.05, 4.69) is 16.0 Å². The van der Waals surface area contributed by atoms with Crippen molar-refractivity contribution < 1.29 is 18.0 Å². The number of pyridine rings is 1. The molecule has 0 saturated carbocycles. The van der Waals surface area contributed by atoms with Crippen molar-refractivity contribution in [3.63, 3.8) is 0 Å². The van der Waals surface area contributed by atoms with E-state index in [1.54, 1.807) is 11.0 Å². The quantitative estimate of drug-likeness (QED) is 0.725. The Bertz CT molecular complexity index is 1190. The fraction of sp³-hybridized carbons (Fsp3) is 0.435. The van der Waals surface area contributed by atoms with Gasteiger partial charge in [-0.25, -0.2) is 13.4 Å². The Hall–Kier alpha value is -3.14. The zero-order valence-corrected chi connectivity index (χ0v) is 19.8. The van der Waals surface area contributed by atoms with Gasteiger partial charge in [-0.05, 0) is 56.0 Å². The number of primary amides is 1. The second-order valence-corrected chi connectivity index (χ2v) is 10.6. The van der Waals surface area contributed by atoms with Crippen LogP contribution in [0, 0.1) is 13.8 Å². The number of hydrogen-bond acceptors (Lipinski definition) is 6. The minimum Gasteiger partial charge on any atom is -0.366 e. The van der Waals surface area contributed by atoms with Crippen molar-refractivity contribution in [2.75, 3.05) is 47.7 Å². The molecule has 1 aromatic carbocycles. The number of hydrogen-bond donors (Lipinski definition) is 1. The molecule has 0 unspecified atom stereocenters. The van der Waals surface area contributed by atoms with Crippen molar-refractivity contribution in [1.82, 2.24) is 9.88 Å². The molecule has 2 saturated heterocycles. The lowest BCUT2D eigenvalue weighted by atomic mass is 10.0. The number of nitrogens with zero attached hydrogens (tertiary/aromatic N) is 4. The zero-order valence-electron chi connectivity index (χ0n) is 19.0. The van der Waals surface area contributed by atoms with Crippen molar-refractivity contribution in [3.8, 4) is 0 Å². The summed E-state index contributed by atoms with van der Waals surface area (Å²) in [6.45, 7) is 6.58. The molecule has 2 N–H and O–H groups in total. The Morgan fingerprint density at radius 2 is 1.70 bits per heavy atom. The van der Waals surface area contributed by atoms with E-state index in [9.17, 15) is 18.0 Å². The summed E-state index contributed by atoms with van der Waals surface area (Å²) in [6.07, 6.45) is 3.19. The largest absolute Gasteiger partial charge is 0.366 e. The number of carbonyl (C=O) groups excluding carboxylic acids is 2. The van der Waals surface area contributed by atoms with Crippen molar-refractivity contribution in [2.45, 2.75) is 26.7 Å². The van der Waals surface area contributed by atoms with Gasteiger partial charge in [0.2, 0.25) is 15.9 Å². The fourth-order valence-electron chi connectivity index (χ4n) is 4.49. The molecule has 176 valence electrons. The molecule has 2 aliphatic heterocycles. The number of amides is 2. The van der Waals surface area contributed by atoms with Gasteiger partial charge in [-0.1, -0.05) is 6.07 Å². The van der Waals surface area contributed by atoms with E-state index in [0.717, 1.165) is 23.4 Å². The molecule has 2 aromatic rings. The lowest BCUT2D eigenvalue weighted by Gasteiger charge is -2.36. The molecule has 3 heterocycles. The van der Waals surface area contributed by atoms with E-state index in [0.29, 0.717) is 44.8 Å². The summed E-state index contributed by atoms with van der Waals surface area (Å²) in [4.78, 5) is 33.8. The molecule has 2 aliphatic rings. The molecule has 0 spiro atoms. The standard InChI is InChI=1S/C23H29N5O4S/c1-16-13-17(2)22(25-15-16)26-8-10-27(11-9-26)23(30)19-6-5-18(14-20(19)21(24)29)28-7-3-4-12-33(28,31)32/h5-6,13-15H,3-4,7-12H2,1-2H3,(H2,24,29). The molecular weight excluding hydrogens is 442 g/mol. The summed E-state index contributed by atoms with van der Waals surface area (Å²) in [6, 6.07) is 6.61. The topological polar surface area (TPSA) is 117 Å². The lowest BCUT2D eigenvalue weighted by Crippen LogP contribution is -2.49. The van der Waals surface area contributed by atoms with Crippen molar-refractivity contribution in [2.24, 2.45) is 5.73 Å². The molecule has 0 atom stereocenters. The maximum Gasteiger partial charge on any atom is 0.254 e. The summed E-state index contributed by atoms with van der Waals surface area (Å²) in [7, 11) is -3.44. The highest BCUT2D eigenvalue weighted by Crippen LogP contribution is 2.27. The molecule has 10 heteroatoms. The average molecular weight is 472 g/mol. The van der Waals surface area contributed by atoms with Crippen LogP contribution in [0.4, 0.5) is 11.5 Å². The minimum absolute atomic E-state index is 0.0387. The van der Waals surface area contributed by atoms with Crippen LogP contribution in [0.25, 0.3) is 0 Å². The van der Waals surface area contributed by atoms with E-state index in [4.69, 9.17) is 5.73 Å². The molecule has 0 radical (unpaired) electrons. The number of aromatic nitrogens is 1. The number of sulfonamides is 1. The number of piperazine rings is 1. The van der Waals surface area contributed by atoms with Gasteiger partial charge in [0.25, 0.3) is 5.91 Å². The molecule has 9 nitrogen and oxygen atoms in total. The molecular formula is C23H29N5O4S. The monoisotopic (exact) mass is 471 g/mol. The normalized spacial score (nSPS) is 18.3. The number of aryl methyl sites for hydroxylation is 2. The maximum atomic E-state index is 13.2. The fourth-order valence-corrected chi connectivity index (χ4v) is 6.12. The second kappa shape index (κ2) is 9.01. The van der Waals surface area contributed by atoms with Crippen molar-refractivity contribution in [3.05, 3.63) is 52.7 Å². The van der Waals surface area contributed by atoms with Crippen LogP contribution in [0.1, 0.15) is 44.7 Å². The molecule has 1 aromatic heterocycles. The van der Waals surface area contributed by atoms with Gasteiger partial charge in [0.15, 0.2) is 0 Å². The van der Waals surface area contributed by atoms with E-state index in [1.807, 2.05) is 20.0 Å². The van der Waals surface area contributed by atoms with Crippen LogP contribution in [-0.4, -0.2) is 68.6 Å². The van der Waals surface area contributed by atoms with Gasteiger partial charge in [0.1, 0.15) is 5.82 Å². The molecule has 0 aliphatic carbocycles. The predicted octanol–water partition coefficient (Wildman–Crippen LogP) is 1.69. The Labute approximate surface area is 194 Å². The van der Waals surface area contributed by atoms with Crippen LogP contribution >= 0.6 is 0 Å². The number of nitrogens with two attached hydrogens (primary N) is 1. The first kappa shape index (κ1) is 23.0. The summed E-state index contributed by atoms with van der Waals surface area (Å²) in [5, 5.41) is 0. The van der Waals surface area contributed by atoms with Crippen LogP contribution in [-0.2, 0) is 10.0 Å². The first-order valence-corrected chi connectivity index (χ1v) is 12.7. The molecule has 0 bridgehead atoms. The van der Waals surface area contributed by atoms with E-state index < -0.39 is 15.9 Å². The Morgan fingerprint density at radius 3 is 2.33 bits per heavy atom. The lowest BCUT2D eigenvalue weighted by molar-refractivity contribution is 0.0741. The van der Waals surface area contributed by atoms with Crippen molar-refractivity contribution >= 4 is 33.3 Å². The molecule has 33 heavy (non-hydrogen) atoms. The van der Waals surface area contributed by atoms with E-state index in [1.165, 1.54) is 16.4 Å². The van der Waals surface area contributed by atoms with Gasteiger partial charge in [0, 0.05) is 38.9 Å². The van der Waals surface area contributed by atoms with Gasteiger partial charge < -0.3 is 15.5 Å². The Balaban J connectivity index is 1.53. The van der Waals surface area contributed by atoms with Gasteiger partial charge in [-0.2, -0.15) is 0 Å². The van der Waals surface area contributed by atoms with Crippen molar-refractivity contribution in [1.29, 1.82) is 0 Å². The van der Waals surface area contributed by atoms with Crippen LogP contribution in [0.2, 0.25) is 0 Å². The second-order valence-electron chi connectivity index (χ2n) is 8.62. The third-order valence-electron chi connectivity index (χ3n) is 6.19. The smallest absolute Gasteiger partial charge is 0.254 e. The summed E-state index contributed by atoms with van der Waals surface area (Å²) in [5.41, 5.74) is 8.37. The zero-order chi connectivity index (χ0) is 23.8. The van der Waals surface area contributed by atoms with E-state index >= 15 is 0 Å². The van der Waals surface area contributed by atoms with E-state index in [-0.39, 0.29) is 22.8 Å². The predicted molar refractivity (Wildman–Crippen MR) is 127 cm³/mol. The van der Waals surface area contributed by atoms with Gasteiger partial charge in [0.05, 0.1) is 22.6 Å². The summed E-state index contributed by atoms with van der Waals surface area (Å²) in [5.74, 6) is -0.0606. The highest BCUT2D eigenvalue weighted by molar-refractivity contribution is 7.92. The first-order valence-electron chi connectivity index (χ1n) is 11.1. The van der Waals surface area contributed by atoms with Gasteiger partial charge >= 0.3 is 0 Å². The highest BCUT2D eigenvalue weighted by Gasteiger charge is 2.30. The number of anilines is 2. The van der Waals surface area contributed by atoms with Crippen LogP contribution < -0.4 is 14.9 Å². The average Bonchev–Trinajstić information content (AvgIpc) is 2.78. The van der Waals surface area contributed by atoms with Gasteiger partial charge in [-0.3, -0.25) is 13.9 Å². The number of rotatable bonds is 4. The number of carbonyl (C=O) groups is 2.